The highest BCUT2D eigenvalue weighted by atomic mass is 16.9. The molecule has 0 bridgehead atoms. The number of nitrogens with one attached hydrogen (secondary N) is 2. The smallest absolute Gasteiger partial charge is 0.252 e. The van der Waals surface area contributed by atoms with Crippen molar-refractivity contribution in [2.24, 2.45) is 0 Å². The third-order valence-corrected chi connectivity index (χ3v) is 4.69. The second-order valence-electron chi connectivity index (χ2n) is 8.01. The van der Waals surface area contributed by atoms with E-state index in [1.807, 2.05) is 6.92 Å². The van der Waals surface area contributed by atoms with Gasteiger partial charge in [0.05, 0.1) is 6.54 Å². The minimum Gasteiger partial charge on any atom is -0.355 e. The van der Waals surface area contributed by atoms with Gasteiger partial charge in [0.25, 0.3) is 5.91 Å². The molecule has 3 saturated heterocycles. The van der Waals surface area contributed by atoms with Gasteiger partial charge in [-0.25, -0.2) is 0 Å². The zero-order valence-corrected chi connectivity index (χ0v) is 16.6. The molecule has 27 heavy (non-hydrogen) atoms. The number of rotatable bonds is 6. The molecule has 3 aliphatic rings. The normalized spacial score (nSPS) is 36.0. The molecule has 0 radical (unpaired) electrons. The van der Waals surface area contributed by atoms with Crippen molar-refractivity contribution in [2.45, 2.75) is 89.7 Å². The van der Waals surface area contributed by atoms with Crippen molar-refractivity contribution in [2.75, 3.05) is 13.1 Å². The number of hydrogen-bond acceptors (Lipinski definition) is 7. The first kappa shape index (κ1) is 20.5. The van der Waals surface area contributed by atoms with Crippen LogP contribution in [0.25, 0.3) is 0 Å². The van der Waals surface area contributed by atoms with Gasteiger partial charge in [0.2, 0.25) is 5.91 Å². The van der Waals surface area contributed by atoms with Crippen molar-refractivity contribution < 1.29 is 33.3 Å². The largest absolute Gasteiger partial charge is 0.355 e. The molecule has 0 aliphatic carbocycles. The van der Waals surface area contributed by atoms with Crippen molar-refractivity contribution in [1.82, 2.24) is 10.6 Å². The van der Waals surface area contributed by atoms with Gasteiger partial charge in [-0.3, -0.25) is 9.59 Å². The summed E-state index contributed by atoms with van der Waals surface area (Å²) in [6.07, 6.45) is -1.47. The molecule has 0 aromatic heterocycles. The first-order valence-electron chi connectivity index (χ1n) is 9.53. The van der Waals surface area contributed by atoms with Gasteiger partial charge in [-0.2, -0.15) is 0 Å². The van der Waals surface area contributed by atoms with Gasteiger partial charge < -0.3 is 34.3 Å². The Labute approximate surface area is 159 Å². The van der Waals surface area contributed by atoms with Crippen LogP contribution < -0.4 is 10.6 Å². The summed E-state index contributed by atoms with van der Waals surface area (Å²) in [5.41, 5.74) is 0. The van der Waals surface area contributed by atoms with Crippen molar-refractivity contribution in [3.8, 4) is 0 Å². The van der Waals surface area contributed by atoms with Crippen molar-refractivity contribution in [3.05, 3.63) is 0 Å². The molecule has 154 valence electrons. The number of amides is 2. The summed E-state index contributed by atoms with van der Waals surface area (Å²) >= 11 is 0. The maximum atomic E-state index is 12.7. The van der Waals surface area contributed by atoms with Crippen LogP contribution in [-0.2, 0) is 33.3 Å². The van der Waals surface area contributed by atoms with Crippen LogP contribution in [-0.4, -0.2) is 67.2 Å². The van der Waals surface area contributed by atoms with E-state index in [0.29, 0.717) is 6.54 Å². The molecule has 1 unspecified atom stereocenters. The van der Waals surface area contributed by atoms with Gasteiger partial charge in [0, 0.05) is 6.54 Å². The molecule has 0 saturated carbocycles. The summed E-state index contributed by atoms with van der Waals surface area (Å²) in [5, 5.41) is 5.37. The molecule has 3 fully saturated rings. The fourth-order valence-electron chi connectivity index (χ4n) is 3.56. The maximum absolute atomic E-state index is 12.7. The van der Waals surface area contributed by atoms with Crippen LogP contribution in [0.5, 0.6) is 0 Å². The van der Waals surface area contributed by atoms with E-state index in [1.165, 1.54) is 0 Å². The van der Waals surface area contributed by atoms with Crippen LogP contribution in [0, 0.1) is 0 Å². The van der Waals surface area contributed by atoms with Crippen LogP contribution in [0.15, 0.2) is 0 Å². The first-order chi connectivity index (χ1) is 12.6. The van der Waals surface area contributed by atoms with Crippen molar-refractivity contribution in [1.29, 1.82) is 0 Å². The second-order valence-corrected chi connectivity index (χ2v) is 8.01. The third kappa shape index (κ3) is 4.60. The Bertz CT molecular complexity index is 580. The van der Waals surface area contributed by atoms with Crippen LogP contribution in [0.4, 0.5) is 0 Å². The van der Waals surface area contributed by atoms with E-state index in [0.717, 1.165) is 12.8 Å². The Morgan fingerprint density at radius 3 is 2.22 bits per heavy atom. The summed E-state index contributed by atoms with van der Waals surface area (Å²) in [4.78, 5) is 24.5. The summed E-state index contributed by atoms with van der Waals surface area (Å²) in [6.45, 7) is 9.61. The number of carbonyl (C=O) groups is 2. The summed E-state index contributed by atoms with van der Waals surface area (Å²) in [6, 6.07) is 0. The third-order valence-electron chi connectivity index (χ3n) is 4.69. The quantitative estimate of drug-likeness (QED) is 0.637. The molecule has 3 aliphatic heterocycles. The van der Waals surface area contributed by atoms with Gasteiger partial charge in [-0.15, -0.1) is 0 Å². The lowest BCUT2D eigenvalue weighted by molar-refractivity contribution is -0.231. The number of hydrogen-bond donors (Lipinski definition) is 2. The summed E-state index contributed by atoms with van der Waals surface area (Å²) < 4.78 is 29.4. The molecule has 0 aromatic carbocycles. The van der Waals surface area contributed by atoms with Crippen LogP contribution >= 0.6 is 0 Å². The van der Waals surface area contributed by atoms with Crippen molar-refractivity contribution in [3.63, 3.8) is 0 Å². The zero-order valence-electron chi connectivity index (χ0n) is 16.6. The highest BCUT2D eigenvalue weighted by Crippen LogP contribution is 2.44. The molecule has 2 N–H and O–H groups in total. The molecular weight excluding hydrogens is 356 g/mol. The Balaban J connectivity index is 1.64. The minimum absolute atomic E-state index is 0.124. The Kier molecular flexibility index (Phi) is 5.79. The highest BCUT2D eigenvalue weighted by Gasteiger charge is 2.62. The van der Waals surface area contributed by atoms with Gasteiger partial charge >= 0.3 is 0 Å². The van der Waals surface area contributed by atoms with E-state index in [9.17, 15) is 9.59 Å². The molecule has 9 nitrogen and oxygen atoms in total. The molecule has 5 atom stereocenters. The lowest BCUT2D eigenvalue weighted by Crippen LogP contribution is -2.60. The lowest BCUT2D eigenvalue weighted by atomic mass is 9.98. The van der Waals surface area contributed by atoms with Crippen molar-refractivity contribution >= 4 is 11.8 Å². The van der Waals surface area contributed by atoms with Crippen LogP contribution in [0.3, 0.4) is 0 Å². The monoisotopic (exact) mass is 386 g/mol. The van der Waals surface area contributed by atoms with E-state index < -0.39 is 48.2 Å². The Morgan fingerprint density at radius 2 is 1.52 bits per heavy atom. The number of unbranched alkanes of at least 4 members (excludes halogenated alkanes) is 1. The summed E-state index contributed by atoms with van der Waals surface area (Å²) in [5.74, 6) is -2.41. The number of ether oxygens (including phenoxy) is 5. The van der Waals surface area contributed by atoms with Crippen LogP contribution in [0.2, 0.25) is 0 Å². The topological polar surface area (TPSA) is 104 Å². The van der Waals surface area contributed by atoms with E-state index >= 15 is 0 Å². The predicted octanol–water partition coefficient (Wildman–Crippen LogP) is 0.415. The number of carbonyl (C=O) groups excluding carboxylic acids is 2. The van der Waals surface area contributed by atoms with Crippen LogP contribution in [0.1, 0.15) is 47.5 Å². The SMILES string of the molecule is CCCCNC(=O)CNC(=O)C1O[C@@H]2OC(C)(C)O[C@@H]2[C@H]2OC(C)(C)O[C@@H]12. The average molecular weight is 386 g/mol. The standard InChI is InChI=1S/C18H30N2O7/c1-6-7-8-19-10(21)9-20-15(22)13-11-12(25-17(2,3)24-11)14-16(23-13)27-18(4,5)26-14/h11-14,16H,6-9H2,1-5H3,(H,19,21)(H,20,22)/t11-,12+,13?,14-,16-/m1/s1. The molecule has 3 heterocycles. The number of fused-ring (bicyclic) bond motifs is 3. The minimum atomic E-state index is -0.959. The Hall–Kier alpha value is -1.26. The van der Waals surface area contributed by atoms with E-state index in [-0.39, 0.29) is 12.5 Å². The summed E-state index contributed by atoms with van der Waals surface area (Å²) in [7, 11) is 0. The molecule has 2 amide bonds. The fraction of sp³-hybridized carbons (Fsp3) is 0.889. The zero-order chi connectivity index (χ0) is 19.8. The lowest BCUT2D eigenvalue weighted by Gasteiger charge is -2.36. The van der Waals surface area contributed by atoms with E-state index in [4.69, 9.17) is 23.7 Å². The maximum Gasteiger partial charge on any atom is 0.252 e. The molecule has 3 rings (SSSR count). The molecule has 0 spiro atoms. The molecule has 9 heteroatoms. The van der Waals surface area contributed by atoms with E-state index in [1.54, 1.807) is 27.7 Å². The van der Waals surface area contributed by atoms with Gasteiger partial charge in [0.15, 0.2) is 24.0 Å². The second kappa shape index (κ2) is 7.63. The first-order valence-corrected chi connectivity index (χ1v) is 9.53. The Morgan fingerprint density at radius 1 is 0.889 bits per heavy atom. The predicted molar refractivity (Wildman–Crippen MR) is 93.5 cm³/mol. The van der Waals surface area contributed by atoms with Gasteiger partial charge in [-0.1, -0.05) is 13.3 Å². The highest BCUT2D eigenvalue weighted by molar-refractivity contribution is 5.87. The fourth-order valence-corrected chi connectivity index (χ4v) is 3.56. The molecular formula is C18H30N2O7. The van der Waals surface area contributed by atoms with Gasteiger partial charge in [-0.05, 0) is 34.1 Å². The average Bonchev–Trinajstić information content (AvgIpc) is 3.06. The van der Waals surface area contributed by atoms with E-state index in [2.05, 4.69) is 10.6 Å². The molecule has 0 aromatic rings. The van der Waals surface area contributed by atoms with Gasteiger partial charge in [0.1, 0.15) is 18.3 Å².